The molecular weight excluding hydrogens is 668 g/mol. The molecule has 7 fully saturated rings. The molecule has 7 aliphatic rings. The van der Waals surface area contributed by atoms with Gasteiger partial charge in [-0.15, -0.1) is 0 Å². The van der Waals surface area contributed by atoms with Crippen molar-refractivity contribution in [1.29, 1.82) is 0 Å². The highest BCUT2D eigenvalue weighted by atomic mass is 16.7. The Morgan fingerprint density at radius 3 is 2.02 bits per heavy atom. The van der Waals surface area contributed by atoms with E-state index in [1.807, 2.05) is 0 Å². The van der Waals surface area contributed by atoms with Gasteiger partial charge in [0.05, 0.1) is 17.6 Å². The maximum absolute atomic E-state index is 13.1. The third kappa shape index (κ3) is 4.85. The van der Waals surface area contributed by atoms with Crippen molar-refractivity contribution in [1.82, 2.24) is 0 Å². The summed E-state index contributed by atoms with van der Waals surface area (Å²) in [6, 6.07) is 0. The maximum atomic E-state index is 13.1. The fourth-order valence-electron chi connectivity index (χ4n) is 14.1. The summed E-state index contributed by atoms with van der Waals surface area (Å²) in [5.74, 6) is -3.18. The van der Waals surface area contributed by atoms with Crippen LogP contribution in [0.1, 0.15) is 140 Å². The van der Waals surface area contributed by atoms with Crippen molar-refractivity contribution in [3.8, 4) is 0 Å². The first kappa shape index (κ1) is 38.1. The monoisotopic (exact) mass is 730 g/mol. The summed E-state index contributed by atoms with van der Waals surface area (Å²) in [6.45, 7) is 18.7. The first-order valence-electron chi connectivity index (χ1n) is 19.7. The van der Waals surface area contributed by atoms with E-state index in [0.29, 0.717) is 25.4 Å². The lowest BCUT2D eigenvalue weighted by atomic mass is 9.41. The van der Waals surface area contributed by atoms with E-state index in [2.05, 4.69) is 27.7 Å². The minimum absolute atomic E-state index is 0.0250. The molecule has 0 aromatic heterocycles. The van der Waals surface area contributed by atoms with Gasteiger partial charge in [-0.1, -0.05) is 20.8 Å². The van der Waals surface area contributed by atoms with Gasteiger partial charge in [-0.25, -0.2) is 0 Å². The quantitative estimate of drug-likeness (QED) is 0.212. The van der Waals surface area contributed by atoms with Crippen LogP contribution in [0.5, 0.6) is 0 Å². The van der Waals surface area contributed by atoms with Gasteiger partial charge in [-0.05, 0) is 115 Å². The molecule has 11 heteroatoms. The Balaban J connectivity index is 1.24. The fourth-order valence-corrected chi connectivity index (χ4v) is 14.1. The van der Waals surface area contributed by atoms with Crippen LogP contribution in [0.4, 0.5) is 0 Å². The molecule has 11 nitrogen and oxygen atoms in total. The number of carboxylic acid groups (broad SMARTS) is 1. The number of carbonyl (C=O) groups is 4. The van der Waals surface area contributed by atoms with Crippen LogP contribution in [-0.2, 0) is 42.9 Å². The molecule has 52 heavy (non-hydrogen) atoms. The molecule has 7 rings (SSSR count). The Morgan fingerprint density at radius 1 is 0.788 bits per heavy atom. The Morgan fingerprint density at radius 2 is 1.40 bits per heavy atom. The topological polar surface area (TPSA) is 155 Å². The van der Waals surface area contributed by atoms with E-state index in [0.717, 1.165) is 44.9 Å². The first-order valence-corrected chi connectivity index (χ1v) is 19.7. The van der Waals surface area contributed by atoms with Gasteiger partial charge in [0.15, 0.2) is 5.79 Å². The molecule has 5 saturated carbocycles. The fraction of sp³-hybridized carbons (Fsp3) is 0.902. The zero-order chi connectivity index (χ0) is 38.3. The number of fused-ring (bicyclic) bond motifs is 4. The molecule has 0 aromatic rings. The van der Waals surface area contributed by atoms with Gasteiger partial charge in [0.25, 0.3) is 0 Å². The van der Waals surface area contributed by atoms with Crippen LogP contribution in [-0.4, -0.2) is 76.0 Å². The van der Waals surface area contributed by atoms with E-state index in [1.54, 1.807) is 27.7 Å². The average Bonchev–Trinajstić information content (AvgIpc) is 3.51. The number of aliphatic carboxylic acids is 1. The van der Waals surface area contributed by atoms with E-state index in [4.69, 9.17) is 23.7 Å². The lowest BCUT2D eigenvalue weighted by molar-refractivity contribution is -0.316. The Labute approximate surface area is 308 Å². The van der Waals surface area contributed by atoms with Crippen molar-refractivity contribution in [3.05, 3.63) is 0 Å². The lowest BCUT2D eigenvalue weighted by Crippen LogP contribution is -2.63. The summed E-state index contributed by atoms with van der Waals surface area (Å²) in [5.41, 5.74) is -4.56. The maximum Gasteiger partial charge on any atom is 0.309 e. The number of carbonyl (C=O) groups excluding carboxylic acids is 3. The Bertz CT molecular complexity index is 1550. The smallest absolute Gasteiger partial charge is 0.309 e. The number of ether oxygens (including phenoxy) is 5. The number of carboxylic acids is 1. The summed E-state index contributed by atoms with van der Waals surface area (Å²) in [6.07, 6.45) is 5.95. The first-order chi connectivity index (χ1) is 23.9. The highest BCUT2D eigenvalue weighted by Gasteiger charge is 2.88. The normalized spacial score (nSPS) is 47.0. The summed E-state index contributed by atoms with van der Waals surface area (Å²) >= 11 is 0. The molecule has 0 amide bonds. The molecule has 2 aliphatic heterocycles. The highest BCUT2D eigenvalue weighted by Crippen LogP contribution is 2.90. The van der Waals surface area contributed by atoms with E-state index in [9.17, 15) is 29.4 Å². The van der Waals surface area contributed by atoms with E-state index < -0.39 is 63.4 Å². The SMILES string of the molecule is CC(=O)O[C@H]1[C@@H](OC(C)=O)[C@@]2(C)[C@@H]3CC[C@H]4C(C)(C)[C@@H](OC(=O)CCC(C)(C)C(=O)O)CC[C@@]45C[C@@]35CC[C@@]23CO[C@@]2(C(C)(C)O)CC[C@](C)(O2)[C@@H]13. The second-order valence-corrected chi connectivity index (χ2v) is 20.2. The number of rotatable bonds is 8. The van der Waals surface area contributed by atoms with Gasteiger partial charge in [0.1, 0.15) is 23.9 Å². The highest BCUT2D eigenvalue weighted by molar-refractivity contribution is 5.75. The number of hydrogen-bond donors (Lipinski definition) is 2. The minimum Gasteiger partial charge on any atom is -0.481 e. The standard InChI is InChI=1S/C41H62O11/c1-23(42)49-29-30-36(9)17-20-41(52-36,35(7,8)47)48-22-40(30)19-18-39-21-38(39)16-13-27(51-28(44)14-15-33(3,4)32(45)46)34(5,6)25(38)11-12-26(39)37(40,10)31(29)50-24(2)43/h25-27,29-31,47H,11-22H2,1-10H3,(H,45,46)/t25-,26-,27-,29+,30+,31+,36-,37+,38+,39-,40-,41-/m0/s1. The molecule has 2 bridgehead atoms. The molecule has 0 aromatic carbocycles. The predicted molar refractivity (Wildman–Crippen MR) is 187 cm³/mol. The van der Waals surface area contributed by atoms with Crippen molar-refractivity contribution in [2.45, 2.75) is 175 Å². The predicted octanol–water partition coefficient (Wildman–Crippen LogP) is 6.36. The van der Waals surface area contributed by atoms with Crippen LogP contribution in [0.15, 0.2) is 0 Å². The van der Waals surface area contributed by atoms with Crippen molar-refractivity contribution in [2.75, 3.05) is 6.61 Å². The van der Waals surface area contributed by atoms with Crippen LogP contribution in [0.25, 0.3) is 0 Å². The van der Waals surface area contributed by atoms with Gasteiger partial charge >= 0.3 is 23.9 Å². The summed E-state index contributed by atoms with van der Waals surface area (Å²) in [4.78, 5) is 50.8. The zero-order valence-electron chi connectivity index (χ0n) is 33.0. The van der Waals surface area contributed by atoms with Gasteiger partial charge in [0, 0.05) is 48.9 Å². The van der Waals surface area contributed by atoms with E-state index >= 15 is 0 Å². The molecule has 292 valence electrons. The summed E-state index contributed by atoms with van der Waals surface area (Å²) in [7, 11) is 0. The molecule has 12 atom stereocenters. The molecule has 0 radical (unpaired) electrons. The number of aliphatic hydroxyl groups is 1. The van der Waals surface area contributed by atoms with Crippen molar-refractivity contribution < 1.29 is 53.1 Å². The second kappa shape index (κ2) is 11.4. The van der Waals surface area contributed by atoms with Gasteiger partial charge in [0.2, 0.25) is 0 Å². The van der Waals surface area contributed by atoms with Crippen LogP contribution >= 0.6 is 0 Å². The van der Waals surface area contributed by atoms with E-state index in [-0.39, 0.29) is 53.0 Å². The van der Waals surface area contributed by atoms with Crippen molar-refractivity contribution >= 4 is 23.9 Å². The van der Waals surface area contributed by atoms with Gasteiger partial charge in [-0.3, -0.25) is 19.2 Å². The lowest BCUT2D eigenvalue weighted by Gasteiger charge is -2.64. The Kier molecular flexibility index (Phi) is 8.34. The molecule has 5 aliphatic carbocycles. The van der Waals surface area contributed by atoms with Crippen LogP contribution < -0.4 is 0 Å². The van der Waals surface area contributed by atoms with E-state index in [1.165, 1.54) is 13.8 Å². The zero-order valence-corrected chi connectivity index (χ0v) is 33.0. The summed E-state index contributed by atoms with van der Waals surface area (Å²) < 4.78 is 32.7. The number of esters is 3. The van der Waals surface area contributed by atoms with Crippen LogP contribution in [0.2, 0.25) is 0 Å². The largest absolute Gasteiger partial charge is 0.481 e. The Hall–Kier alpha value is -2.24. The van der Waals surface area contributed by atoms with Crippen LogP contribution in [0, 0.1) is 50.2 Å². The molecule has 2 heterocycles. The molecule has 0 unspecified atom stereocenters. The summed E-state index contributed by atoms with van der Waals surface area (Å²) in [5, 5.41) is 21.0. The van der Waals surface area contributed by atoms with Crippen molar-refractivity contribution in [2.24, 2.45) is 50.2 Å². The van der Waals surface area contributed by atoms with Crippen molar-refractivity contribution in [3.63, 3.8) is 0 Å². The van der Waals surface area contributed by atoms with Crippen LogP contribution in [0.3, 0.4) is 0 Å². The molecule has 2 N–H and O–H groups in total. The van der Waals surface area contributed by atoms with Gasteiger partial charge < -0.3 is 33.9 Å². The average molecular weight is 731 g/mol. The molecule has 2 saturated heterocycles. The molecular formula is C41H62O11. The minimum atomic E-state index is -1.28. The molecule has 3 spiro atoms. The number of hydrogen-bond acceptors (Lipinski definition) is 10. The second-order valence-electron chi connectivity index (χ2n) is 20.2. The van der Waals surface area contributed by atoms with Gasteiger partial charge in [-0.2, -0.15) is 0 Å². The third-order valence-corrected chi connectivity index (χ3v) is 16.7. The third-order valence-electron chi connectivity index (χ3n) is 16.7.